The molecule has 0 aromatic heterocycles. The summed E-state index contributed by atoms with van der Waals surface area (Å²) in [5.74, 6) is 0.485. The van der Waals surface area contributed by atoms with E-state index in [9.17, 15) is 5.11 Å². The maximum Gasteiger partial charge on any atom is 0.161 e. The molecule has 3 N–H and O–H groups in total. The quantitative estimate of drug-likeness (QED) is 0.685. The van der Waals surface area contributed by atoms with E-state index in [1.54, 1.807) is 6.07 Å². The first-order valence-corrected chi connectivity index (χ1v) is 5.15. The Kier molecular flexibility index (Phi) is 2.97. The zero-order valence-electron chi connectivity index (χ0n) is 8.44. The van der Waals surface area contributed by atoms with Crippen LogP contribution in [0, 0.1) is 0 Å². The molecule has 15 heavy (non-hydrogen) atoms. The molecular formula is C11H15NO3. The van der Waals surface area contributed by atoms with Crippen LogP contribution in [0.3, 0.4) is 0 Å². The van der Waals surface area contributed by atoms with E-state index in [-0.39, 0.29) is 17.6 Å². The van der Waals surface area contributed by atoms with E-state index in [1.807, 2.05) is 0 Å². The van der Waals surface area contributed by atoms with Crippen LogP contribution >= 0.6 is 0 Å². The number of piperidine rings is 1. The first-order valence-electron chi connectivity index (χ1n) is 5.15. The average molecular weight is 209 g/mol. The van der Waals surface area contributed by atoms with Crippen molar-refractivity contribution in [1.29, 1.82) is 0 Å². The Bertz CT molecular complexity index is 335. The first kappa shape index (κ1) is 10.1. The molecule has 4 nitrogen and oxygen atoms in total. The SMILES string of the molecule is Oc1ccc(OC2CCNCC2)c(O)c1. The third kappa shape index (κ3) is 2.53. The van der Waals surface area contributed by atoms with Crippen LogP contribution in [-0.2, 0) is 0 Å². The summed E-state index contributed by atoms with van der Waals surface area (Å²) in [6, 6.07) is 4.39. The van der Waals surface area contributed by atoms with Crippen LogP contribution in [0.4, 0.5) is 0 Å². The fraction of sp³-hybridized carbons (Fsp3) is 0.455. The second-order valence-corrected chi connectivity index (χ2v) is 3.72. The number of ether oxygens (including phenoxy) is 1. The molecule has 1 heterocycles. The molecule has 1 aromatic carbocycles. The van der Waals surface area contributed by atoms with Crippen LogP contribution in [0.25, 0.3) is 0 Å². The van der Waals surface area contributed by atoms with E-state index in [2.05, 4.69) is 5.32 Å². The molecule has 1 aliphatic heterocycles. The van der Waals surface area contributed by atoms with Gasteiger partial charge in [0.05, 0.1) is 0 Å². The maximum atomic E-state index is 9.52. The molecule has 2 rings (SSSR count). The predicted octanol–water partition coefficient (Wildman–Crippen LogP) is 1.23. The van der Waals surface area contributed by atoms with Crippen molar-refractivity contribution in [3.8, 4) is 17.2 Å². The van der Waals surface area contributed by atoms with Crippen molar-refractivity contribution in [2.45, 2.75) is 18.9 Å². The predicted molar refractivity (Wildman–Crippen MR) is 56.3 cm³/mol. The molecule has 0 saturated carbocycles. The second kappa shape index (κ2) is 4.40. The lowest BCUT2D eigenvalue weighted by Gasteiger charge is -2.24. The number of hydrogen-bond donors (Lipinski definition) is 3. The summed E-state index contributed by atoms with van der Waals surface area (Å²) in [7, 11) is 0. The number of rotatable bonds is 2. The smallest absolute Gasteiger partial charge is 0.161 e. The highest BCUT2D eigenvalue weighted by Crippen LogP contribution is 2.31. The number of nitrogens with one attached hydrogen (secondary N) is 1. The van der Waals surface area contributed by atoms with Gasteiger partial charge in [0.1, 0.15) is 11.9 Å². The van der Waals surface area contributed by atoms with Crippen molar-refractivity contribution in [2.75, 3.05) is 13.1 Å². The van der Waals surface area contributed by atoms with Gasteiger partial charge in [-0.05, 0) is 38.1 Å². The van der Waals surface area contributed by atoms with Crippen LogP contribution in [0.2, 0.25) is 0 Å². The molecule has 82 valence electrons. The first-order chi connectivity index (χ1) is 7.25. The standard InChI is InChI=1S/C11H15NO3/c13-8-1-2-11(10(14)7-8)15-9-3-5-12-6-4-9/h1-2,7,9,12-14H,3-6H2. The highest BCUT2D eigenvalue weighted by molar-refractivity contribution is 5.43. The number of phenols is 2. The lowest BCUT2D eigenvalue weighted by Crippen LogP contribution is -2.34. The second-order valence-electron chi connectivity index (χ2n) is 3.72. The minimum Gasteiger partial charge on any atom is -0.508 e. The summed E-state index contributed by atoms with van der Waals surface area (Å²) in [5.41, 5.74) is 0. The zero-order valence-corrected chi connectivity index (χ0v) is 8.44. The Hall–Kier alpha value is -1.42. The largest absolute Gasteiger partial charge is 0.508 e. The van der Waals surface area contributed by atoms with Gasteiger partial charge in [-0.25, -0.2) is 0 Å². The summed E-state index contributed by atoms with van der Waals surface area (Å²) in [6.07, 6.45) is 2.04. The molecule has 1 aromatic rings. The van der Waals surface area contributed by atoms with Gasteiger partial charge in [0.15, 0.2) is 11.5 Å². The van der Waals surface area contributed by atoms with Crippen molar-refractivity contribution in [3.05, 3.63) is 18.2 Å². The summed E-state index contributed by atoms with van der Waals surface area (Å²) in [4.78, 5) is 0. The van der Waals surface area contributed by atoms with E-state index in [4.69, 9.17) is 9.84 Å². The summed E-state index contributed by atoms with van der Waals surface area (Å²) in [5, 5.41) is 21.9. The number of aromatic hydroxyl groups is 2. The number of benzene rings is 1. The number of phenolic OH excluding ortho intramolecular Hbond substituents is 2. The Morgan fingerprint density at radius 1 is 1.20 bits per heavy atom. The topological polar surface area (TPSA) is 61.7 Å². The van der Waals surface area contributed by atoms with Gasteiger partial charge in [-0.1, -0.05) is 0 Å². The maximum absolute atomic E-state index is 9.52. The van der Waals surface area contributed by atoms with E-state index < -0.39 is 0 Å². The van der Waals surface area contributed by atoms with Crippen molar-refractivity contribution in [2.24, 2.45) is 0 Å². The summed E-state index contributed by atoms with van der Waals surface area (Å²) >= 11 is 0. The van der Waals surface area contributed by atoms with Gasteiger partial charge >= 0.3 is 0 Å². The van der Waals surface area contributed by atoms with Crippen molar-refractivity contribution in [1.82, 2.24) is 5.32 Å². The van der Waals surface area contributed by atoms with E-state index in [0.29, 0.717) is 5.75 Å². The van der Waals surface area contributed by atoms with Crippen LogP contribution in [0.15, 0.2) is 18.2 Å². The Balaban J connectivity index is 2.03. The molecule has 0 amide bonds. The minimum absolute atomic E-state index is 0.00599. The normalized spacial score (nSPS) is 17.6. The summed E-state index contributed by atoms with van der Waals surface area (Å²) < 4.78 is 5.64. The van der Waals surface area contributed by atoms with Gasteiger partial charge in [-0.3, -0.25) is 0 Å². The summed E-state index contributed by atoms with van der Waals surface area (Å²) in [6.45, 7) is 1.90. The van der Waals surface area contributed by atoms with Crippen molar-refractivity contribution >= 4 is 0 Å². The van der Waals surface area contributed by atoms with Crippen LogP contribution in [0.5, 0.6) is 17.2 Å². The van der Waals surface area contributed by atoms with Gasteiger partial charge in [-0.15, -0.1) is 0 Å². The third-order valence-electron chi connectivity index (χ3n) is 2.52. The lowest BCUT2D eigenvalue weighted by molar-refractivity contribution is 0.157. The van der Waals surface area contributed by atoms with Gasteiger partial charge in [0, 0.05) is 6.07 Å². The minimum atomic E-state index is -0.00599. The van der Waals surface area contributed by atoms with E-state index >= 15 is 0 Å². The monoisotopic (exact) mass is 209 g/mol. The van der Waals surface area contributed by atoms with Gasteiger partial charge in [0.25, 0.3) is 0 Å². The van der Waals surface area contributed by atoms with Gasteiger partial charge in [0.2, 0.25) is 0 Å². The fourth-order valence-electron chi connectivity index (χ4n) is 1.70. The number of hydrogen-bond acceptors (Lipinski definition) is 4. The fourth-order valence-corrected chi connectivity index (χ4v) is 1.70. The lowest BCUT2D eigenvalue weighted by atomic mass is 10.1. The van der Waals surface area contributed by atoms with Crippen LogP contribution in [0.1, 0.15) is 12.8 Å². The molecule has 4 heteroatoms. The molecule has 1 fully saturated rings. The van der Waals surface area contributed by atoms with E-state index in [1.165, 1.54) is 12.1 Å². The van der Waals surface area contributed by atoms with Crippen molar-refractivity contribution < 1.29 is 14.9 Å². The molecule has 0 bridgehead atoms. The Morgan fingerprint density at radius 3 is 2.60 bits per heavy atom. The van der Waals surface area contributed by atoms with Crippen molar-refractivity contribution in [3.63, 3.8) is 0 Å². The van der Waals surface area contributed by atoms with Crippen LogP contribution in [-0.4, -0.2) is 29.4 Å². The average Bonchev–Trinajstić information content (AvgIpc) is 2.24. The molecule has 0 unspecified atom stereocenters. The Morgan fingerprint density at radius 2 is 1.93 bits per heavy atom. The third-order valence-corrected chi connectivity index (χ3v) is 2.52. The van der Waals surface area contributed by atoms with Crippen LogP contribution < -0.4 is 10.1 Å². The zero-order chi connectivity index (χ0) is 10.7. The molecule has 1 aliphatic rings. The molecule has 0 radical (unpaired) electrons. The van der Waals surface area contributed by atoms with Gasteiger partial charge < -0.3 is 20.3 Å². The van der Waals surface area contributed by atoms with E-state index in [0.717, 1.165) is 25.9 Å². The van der Waals surface area contributed by atoms with Gasteiger partial charge in [-0.2, -0.15) is 0 Å². The molecular weight excluding hydrogens is 194 g/mol. The Labute approximate surface area is 88.5 Å². The highest BCUT2D eigenvalue weighted by Gasteiger charge is 2.16. The molecule has 1 saturated heterocycles. The molecule has 0 aliphatic carbocycles. The molecule has 0 spiro atoms. The molecule has 0 atom stereocenters. The highest BCUT2D eigenvalue weighted by atomic mass is 16.5.